The van der Waals surface area contributed by atoms with Gasteiger partial charge in [-0.25, -0.2) is 13.2 Å². The minimum atomic E-state index is -2.58. The minimum Gasteiger partial charge on any atom is -0.310 e. The monoisotopic (exact) mass is 383 g/mol. The van der Waals surface area contributed by atoms with Crippen LogP contribution >= 0.6 is 27.5 Å². The first kappa shape index (κ1) is 17.1. The van der Waals surface area contributed by atoms with Crippen LogP contribution in [-0.4, -0.2) is 12.5 Å². The number of benzene rings is 1. The van der Waals surface area contributed by atoms with E-state index in [1.54, 1.807) is 12.1 Å². The van der Waals surface area contributed by atoms with Crippen LogP contribution in [0.3, 0.4) is 0 Å². The van der Waals surface area contributed by atoms with Crippen LogP contribution in [0.25, 0.3) is 0 Å². The van der Waals surface area contributed by atoms with Crippen molar-refractivity contribution in [3.05, 3.63) is 33.0 Å². The molecule has 1 unspecified atom stereocenters. The van der Waals surface area contributed by atoms with E-state index in [1.807, 2.05) is 6.92 Å². The van der Waals surface area contributed by atoms with Crippen LogP contribution in [0.4, 0.5) is 13.2 Å². The van der Waals surface area contributed by atoms with E-state index in [2.05, 4.69) is 21.2 Å². The molecule has 1 fully saturated rings. The van der Waals surface area contributed by atoms with Crippen molar-refractivity contribution in [2.75, 3.05) is 6.54 Å². The smallest absolute Gasteiger partial charge is 0.248 e. The highest BCUT2D eigenvalue weighted by molar-refractivity contribution is 9.10. The Morgan fingerprint density at radius 1 is 1.38 bits per heavy atom. The average Bonchev–Trinajstić information content (AvgIpc) is 2.44. The summed E-state index contributed by atoms with van der Waals surface area (Å²) < 4.78 is 41.5. The van der Waals surface area contributed by atoms with Crippen molar-refractivity contribution >= 4 is 27.5 Å². The molecule has 1 N–H and O–H groups in total. The summed E-state index contributed by atoms with van der Waals surface area (Å²) in [4.78, 5) is 0. The second kappa shape index (κ2) is 6.88. The maximum Gasteiger partial charge on any atom is 0.248 e. The van der Waals surface area contributed by atoms with Crippen LogP contribution in [0.2, 0.25) is 5.02 Å². The van der Waals surface area contributed by atoms with Gasteiger partial charge in [0.05, 0.1) is 5.02 Å². The van der Waals surface area contributed by atoms with Gasteiger partial charge in [0.2, 0.25) is 5.92 Å². The van der Waals surface area contributed by atoms with Crippen LogP contribution < -0.4 is 5.32 Å². The molecule has 1 atom stereocenters. The molecule has 21 heavy (non-hydrogen) atoms. The summed E-state index contributed by atoms with van der Waals surface area (Å²) in [5.41, 5.74) is 0.459. The van der Waals surface area contributed by atoms with Gasteiger partial charge in [0.1, 0.15) is 5.82 Å². The summed E-state index contributed by atoms with van der Waals surface area (Å²) in [7, 11) is 0. The van der Waals surface area contributed by atoms with Gasteiger partial charge in [0, 0.05) is 28.9 Å². The molecule has 1 nitrogen and oxygen atoms in total. The van der Waals surface area contributed by atoms with Crippen molar-refractivity contribution in [2.45, 2.75) is 44.6 Å². The van der Waals surface area contributed by atoms with Gasteiger partial charge in [-0.15, -0.1) is 0 Å². The first-order valence-electron chi connectivity index (χ1n) is 7.10. The molecule has 1 aliphatic rings. The first-order chi connectivity index (χ1) is 9.85. The van der Waals surface area contributed by atoms with E-state index in [1.165, 1.54) is 0 Å². The fraction of sp³-hybridized carbons (Fsp3) is 0.600. The Hall–Kier alpha value is -0.260. The highest BCUT2D eigenvalue weighted by Crippen LogP contribution is 2.42. The van der Waals surface area contributed by atoms with Gasteiger partial charge in [-0.05, 0) is 47.3 Å². The summed E-state index contributed by atoms with van der Waals surface area (Å²) in [6.07, 6.45) is 0.506. The molecule has 0 heterocycles. The molecule has 0 radical (unpaired) electrons. The summed E-state index contributed by atoms with van der Waals surface area (Å²) in [5.74, 6) is -3.06. The number of rotatable bonds is 4. The van der Waals surface area contributed by atoms with Crippen molar-refractivity contribution in [3.63, 3.8) is 0 Å². The van der Waals surface area contributed by atoms with E-state index < -0.39 is 11.7 Å². The molecule has 0 saturated heterocycles. The molecule has 1 aromatic rings. The molecule has 6 heteroatoms. The van der Waals surface area contributed by atoms with Crippen LogP contribution in [-0.2, 0) is 0 Å². The van der Waals surface area contributed by atoms with Gasteiger partial charge in [0.15, 0.2) is 0 Å². The third kappa shape index (κ3) is 3.93. The minimum absolute atomic E-state index is 0.00341. The molecule has 2 rings (SSSR count). The second-order valence-electron chi connectivity index (χ2n) is 5.49. The van der Waals surface area contributed by atoms with Crippen LogP contribution in [0, 0.1) is 11.7 Å². The van der Waals surface area contributed by atoms with E-state index in [-0.39, 0.29) is 29.8 Å². The molecule has 0 amide bonds. The Kier molecular flexibility index (Phi) is 5.60. The first-order valence-corrected chi connectivity index (χ1v) is 8.27. The maximum atomic E-state index is 14.4. The van der Waals surface area contributed by atoms with Crippen molar-refractivity contribution < 1.29 is 13.2 Å². The lowest BCUT2D eigenvalue weighted by Gasteiger charge is -2.34. The lowest BCUT2D eigenvalue weighted by molar-refractivity contribution is -0.0498. The zero-order valence-electron chi connectivity index (χ0n) is 11.7. The van der Waals surface area contributed by atoms with Gasteiger partial charge in [0.25, 0.3) is 0 Å². The lowest BCUT2D eigenvalue weighted by atomic mass is 9.79. The number of alkyl halides is 2. The molecule has 0 aliphatic heterocycles. The summed E-state index contributed by atoms with van der Waals surface area (Å²) in [5, 5.41) is 3.26. The van der Waals surface area contributed by atoms with Gasteiger partial charge < -0.3 is 5.32 Å². The van der Waals surface area contributed by atoms with E-state index in [9.17, 15) is 13.2 Å². The van der Waals surface area contributed by atoms with Gasteiger partial charge in [-0.3, -0.25) is 0 Å². The second-order valence-corrected chi connectivity index (χ2v) is 6.73. The average molecular weight is 385 g/mol. The zero-order chi connectivity index (χ0) is 15.6. The molecular formula is C15H18BrClF3N. The van der Waals surface area contributed by atoms with E-state index >= 15 is 0 Å². The highest BCUT2D eigenvalue weighted by Gasteiger charge is 2.38. The fourth-order valence-electron chi connectivity index (χ4n) is 2.93. The number of hydrogen-bond acceptors (Lipinski definition) is 1. The highest BCUT2D eigenvalue weighted by atomic mass is 79.9. The number of nitrogens with one attached hydrogen (secondary N) is 1. The predicted octanol–water partition coefficient (Wildman–Crippen LogP) is 5.72. The van der Waals surface area contributed by atoms with Gasteiger partial charge in [-0.1, -0.05) is 24.6 Å². The Balaban J connectivity index is 2.26. The Morgan fingerprint density at radius 2 is 2.00 bits per heavy atom. The molecule has 0 bridgehead atoms. The topological polar surface area (TPSA) is 12.0 Å². The van der Waals surface area contributed by atoms with Crippen molar-refractivity contribution in [3.8, 4) is 0 Å². The van der Waals surface area contributed by atoms with E-state index in [0.717, 1.165) is 0 Å². The zero-order valence-corrected chi connectivity index (χ0v) is 14.1. The normalized spacial score (nSPS) is 20.5. The van der Waals surface area contributed by atoms with Gasteiger partial charge in [-0.2, -0.15) is 0 Å². The van der Waals surface area contributed by atoms with Crippen LogP contribution in [0.1, 0.15) is 44.2 Å². The van der Waals surface area contributed by atoms with Crippen molar-refractivity contribution in [1.29, 1.82) is 0 Å². The molecule has 1 aromatic carbocycles. The number of halogens is 5. The van der Waals surface area contributed by atoms with Crippen LogP contribution in [0.15, 0.2) is 16.6 Å². The standard InChI is InChI=1S/C15H18BrClF3N/c1-2-21-14(9-5-7-15(19,20)8-6-9)10-3-4-11(16)12(17)13(10)18/h3-4,9,14,21H,2,5-8H2,1H3. The Labute approximate surface area is 136 Å². The molecule has 0 spiro atoms. The Morgan fingerprint density at radius 3 is 2.57 bits per heavy atom. The quantitative estimate of drug-likeness (QED) is 0.655. The van der Waals surface area contributed by atoms with Gasteiger partial charge >= 0.3 is 0 Å². The third-order valence-electron chi connectivity index (χ3n) is 4.06. The Bertz CT molecular complexity index is 500. The largest absolute Gasteiger partial charge is 0.310 e. The molecular weight excluding hydrogens is 367 g/mol. The molecule has 1 aliphatic carbocycles. The lowest BCUT2D eigenvalue weighted by Crippen LogP contribution is -2.34. The fourth-order valence-corrected chi connectivity index (χ4v) is 3.41. The summed E-state index contributed by atoms with van der Waals surface area (Å²) >= 11 is 9.13. The molecule has 118 valence electrons. The summed E-state index contributed by atoms with van der Waals surface area (Å²) in [6.45, 7) is 2.56. The molecule has 0 aromatic heterocycles. The third-order valence-corrected chi connectivity index (χ3v) is 5.32. The predicted molar refractivity (Wildman–Crippen MR) is 82.4 cm³/mol. The van der Waals surface area contributed by atoms with E-state index in [0.29, 0.717) is 29.4 Å². The molecule has 1 saturated carbocycles. The summed E-state index contributed by atoms with van der Waals surface area (Å²) in [6, 6.07) is 3.09. The van der Waals surface area contributed by atoms with Crippen molar-refractivity contribution in [1.82, 2.24) is 5.32 Å². The van der Waals surface area contributed by atoms with E-state index in [4.69, 9.17) is 11.6 Å². The number of hydrogen-bond donors (Lipinski definition) is 1. The maximum absolute atomic E-state index is 14.4. The SMILES string of the molecule is CCNC(c1ccc(Br)c(Cl)c1F)C1CCC(F)(F)CC1. The van der Waals surface area contributed by atoms with Crippen molar-refractivity contribution in [2.24, 2.45) is 5.92 Å². The van der Waals surface area contributed by atoms with Crippen LogP contribution in [0.5, 0.6) is 0 Å².